The molecule has 1 fully saturated rings. The van der Waals surface area contributed by atoms with E-state index in [1.54, 1.807) is 21.3 Å². The molecule has 1 N–H and O–H groups in total. The molecule has 0 aliphatic heterocycles. The molecule has 0 radical (unpaired) electrons. The number of allylic oxidation sites excluding steroid dienone is 2. The molecule has 8 atom stereocenters. The highest BCUT2D eigenvalue weighted by Crippen LogP contribution is 2.39. The number of methoxy groups -OCH3 is 3. The van der Waals surface area contributed by atoms with Gasteiger partial charge in [0.2, 0.25) is 0 Å². The van der Waals surface area contributed by atoms with Gasteiger partial charge in [-0.05, 0) is 74.5 Å². The van der Waals surface area contributed by atoms with Gasteiger partial charge in [-0.1, -0.05) is 32.9 Å². The zero-order valence-corrected chi connectivity index (χ0v) is 21.9. The van der Waals surface area contributed by atoms with Crippen LogP contribution >= 0.6 is 0 Å². The first-order chi connectivity index (χ1) is 16.0. The van der Waals surface area contributed by atoms with Crippen LogP contribution < -0.4 is 0 Å². The lowest BCUT2D eigenvalue weighted by Crippen LogP contribution is -2.38. The van der Waals surface area contributed by atoms with E-state index in [9.17, 15) is 5.26 Å². The lowest BCUT2D eigenvalue weighted by atomic mass is 9.70. The molecule has 0 heterocycles. The van der Waals surface area contributed by atoms with Crippen LogP contribution in [0.3, 0.4) is 0 Å². The maximum absolute atomic E-state index is 9.95. The van der Waals surface area contributed by atoms with Gasteiger partial charge in [0.15, 0.2) is 0 Å². The summed E-state index contributed by atoms with van der Waals surface area (Å²) in [6.07, 6.45) is 12.7. The molecule has 2 aliphatic rings. The van der Waals surface area contributed by atoms with E-state index in [0.29, 0.717) is 43.3 Å². The quantitative estimate of drug-likeness (QED) is 0.187. The maximum Gasteiger partial charge on any atom is 0.0986 e. The summed E-state index contributed by atoms with van der Waals surface area (Å²) in [7, 11) is 5.30. The second kappa shape index (κ2) is 15.5. The monoisotopic (exact) mass is 470 g/mol. The molecule has 0 aromatic rings. The summed E-state index contributed by atoms with van der Waals surface area (Å²) in [4.78, 5) is 5.15. The van der Waals surface area contributed by atoms with Crippen molar-refractivity contribution < 1.29 is 29.1 Å². The second-order valence-corrected chi connectivity index (χ2v) is 10.3. The van der Waals surface area contributed by atoms with E-state index in [1.165, 1.54) is 12.8 Å². The third-order valence-electron chi connectivity index (χ3n) is 8.13. The minimum absolute atomic E-state index is 0.0439. The van der Waals surface area contributed by atoms with Crippen molar-refractivity contribution in [2.75, 3.05) is 34.5 Å². The van der Waals surface area contributed by atoms with E-state index in [-0.39, 0.29) is 30.3 Å². The third-order valence-corrected chi connectivity index (χ3v) is 8.13. The van der Waals surface area contributed by atoms with Crippen molar-refractivity contribution >= 4 is 0 Å². The Balaban J connectivity index is 2.01. The van der Waals surface area contributed by atoms with E-state index in [1.807, 2.05) is 0 Å². The normalized spacial score (nSPS) is 33.1. The lowest BCUT2D eigenvalue weighted by Gasteiger charge is -2.38. The van der Waals surface area contributed by atoms with E-state index in [2.05, 4.69) is 32.9 Å². The second-order valence-electron chi connectivity index (χ2n) is 10.3. The van der Waals surface area contributed by atoms with Crippen LogP contribution in [0.2, 0.25) is 0 Å². The van der Waals surface area contributed by atoms with Gasteiger partial charge in [-0.2, -0.15) is 0 Å². The molecule has 6 nitrogen and oxygen atoms in total. The first-order valence-corrected chi connectivity index (χ1v) is 13.1. The molecule has 1 saturated carbocycles. The summed E-state index contributed by atoms with van der Waals surface area (Å²) >= 11 is 0. The highest BCUT2D eigenvalue weighted by atomic mass is 17.1. The molecular formula is C27H50O6. The molecule has 5 unspecified atom stereocenters. The Labute approximate surface area is 202 Å². The maximum atomic E-state index is 9.95. The first kappa shape index (κ1) is 28.7. The number of ether oxygens (including phenoxy) is 4. The Bertz CT molecular complexity index is 529. The molecule has 0 aromatic carbocycles. The zero-order chi connectivity index (χ0) is 24.2. The van der Waals surface area contributed by atoms with Gasteiger partial charge in [0, 0.05) is 41.0 Å². The molecule has 33 heavy (non-hydrogen) atoms. The molecule has 0 spiro atoms. The SMILES string of the molecule is CCC1C=CC([C@H](CCOC)[C@H](C[C@H](CC)OCC2CC(OC)CC(OC)C2)OO)C(C)C1. The Morgan fingerprint density at radius 1 is 0.970 bits per heavy atom. The van der Waals surface area contributed by atoms with E-state index >= 15 is 0 Å². The molecule has 0 amide bonds. The molecule has 0 saturated heterocycles. The average molecular weight is 471 g/mol. The van der Waals surface area contributed by atoms with Crippen LogP contribution in [-0.4, -0.2) is 64.2 Å². The standard InChI is InChI=1S/C27H50O6/c1-7-20-9-10-25(19(3)13-20)26(11-12-29-4)27(33-28)17-22(8-2)32-18-21-14-23(30-5)16-24(15-21)31-6/h9-10,19-28H,7-8,11-18H2,1-6H3/t19?,20?,21?,22-,23?,24?,25?,26-,27-/m0/s1. The molecule has 0 bridgehead atoms. The highest BCUT2D eigenvalue weighted by Gasteiger charge is 2.36. The van der Waals surface area contributed by atoms with Gasteiger partial charge in [0.1, 0.15) is 0 Å². The third kappa shape index (κ3) is 8.90. The highest BCUT2D eigenvalue weighted by molar-refractivity contribution is 5.03. The first-order valence-electron chi connectivity index (χ1n) is 13.1. The number of hydrogen-bond donors (Lipinski definition) is 1. The van der Waals surface area contributed by atoms with Crippen LogP contribution in [0.25, 0.3) is 0 Å². The van der Waals surface area contributed by atoms with Crippen LogP contribution in [-0.2, 0) is 23.8 Å². The van der Waals surface area contributed by atoms with Gasteiger partial charge >= 0.3 is 0 Å². The lowest BCUT2D eigenvalue weighted by molar-refractivity contribution is -0.300. The van der Waals surface area contributed by atoms with Crippen molar-refractivity contribution in [3.8, 4) is 0 Å². The Morgan fingerprint density at radius 3 is 2.18 bits per heavy atom. The molecule has 2 aliphatic carbocycles. The van der Waals surface area contributed by atoms with Crippen LogP contribution in [0, 0.1) is 29.6 Å². The van der Waals surface area contributed by atoms with Crippen LogP contribution in [0.1, 0.15) is 72.1 Å². The molecular weight excluding hydrogens is 420 g/mol. The van der Waals surface area contributed by atoms with Crippen LogP contribution in [0.5, 0.6) is 0 Å². The van der Waals surface area contributed by atoms with Crippen LogP contribution in [0.4, 0.5) is 0 Å². The Morgan fingerprint density at radius 2 is 1.67 bits per heavy atom. The van der Waals surface area contributed by atoms with Crippen LogP contribution in [0.15, 0.2) is 12.2 Å². The van der Waals surface area contributed by atoms with Gasteiger partial charge < -0.3 is 18.9 Å². The predicted molar refractivity (Wildman–Crippen MR) is 131 cm³/mol. The minimum atomic E-state index is -0.273. The molecule has 2 rings (SSSR count). The van der Waals surface area contributed by atoms with Crippen molar-refractivity contribution in [1.82, 2.24) is 0 Å². The Hall–Kier alpha value is -0.500. The smallest absolute Gasteiger partial charge is 0.0986 e. The van der Waals surface area contributed by atoms with Gasteiger partial charge in [-0.15, -0.1) is 0 Å². The summed E-state index contributed by atoms with van der Waals surface area (Å²) in [6.45, 7) is 8.09. The fourth-order valence-electron chi connectivity index (χ4n) is 5.96. The Kier molecular flexibility index (Phi) is 13.5. The fourth-order valence-corrected chi connectivity index (χ4v) is 5.96. The van der Waals surface area contributed by atoms with Crippen molar-refractivity contribution in [2.45, 2.75) is 96.6 Å². The fraction of sp³-hybridized carbons (Fsp3) is 0.926. The molecule has 6 heteroatoms. The van der Waals surface area contributed by atoms with E-state index < -0.39 is 0 Å². The summed E-state index contributed by atoms with van der Waals surface area (Å²) in [5, 5.41) is 9.95. The average Bonchev–Trinajstić information content (AvgIpc) is 2.85. The largest absolute Gasteiger partial charge is 0.385 e. The number of hydrogen-bond acceptors (Lipinski definition) is 6. The zero-order valence-electron chi connectivity index (χ0n) is 21.9. The van der Waals surface area contributed by atoms with E-state index in [4.69, 9.17) is 23.8 Å². The molecule has 194 valence electrons. The van der Waals surface area contributed by atoms with Gasteiger partial charge in [0.25, 0.3) is 0 Å². The van der Waals surface area contributed by atoms with Crippen molar-refractivity contribution in [2.24, 2.45) is 29.6 Å². The summed E-state index contributed by atoms with van der Waals surface area (Å²) in [5.74, 6) is 2.21. The van der Waals surface area contributed by atoms with Gasteiger partial charge in [-0.3, -0.25) is 5.26 Å². The van der Waals surface area contributed by atoms with Crippen molar-refractivity contribution in [1.29, 1.82) is 0 Å². The van der Waals surface area contributed by atoms with Crippen molar-refractivity contribution in [3.63, 3.8) is 0 Å². The topological polar surface area (TPSA) is 66.4 Å². The van der Waals surface area contributed by atoms with Gasteiger partial charge in [-0.25, -0.2) is 4.89 Å². The van der Waals surface area contributed by atoms with Crippen molar-refractivity contribution in [3.05, 3.63) is 12.2 Å². The van der Waals surface area contributed by atoms with Gasteiger partial charge in [0.05, 0.1) is 24.4 Å². The van der Waals surface area contributed by atoms with E-state index in [0.717, 1.165) is 32.1 Å². The predicted octanol–water partition coefficient (Wildman–Crippen LogP) is 5.75. The summed E-state index contributed by atoms with van der Waals surface area (Å²) in [6, 6.07) is 0. The molecule has 0 aromatic heterocycles. The summed E-state index contributed by atoms with van der Waals surface area (Å²) in [5.41, 5.74) is 0. The minimum Gasteiger partial charge on any atom is -0.385 e. The number of rotatable bonds is 15. The summed E-state index contributed by atoms with van der Waals surface area (Å²) < 4.78 is 23.1.